The average Bonchev–Trinajstić information content (AvgIpc) is 2.67. The Morgan fingerprint density at radius 2 is 2.00 bits per heavy atom. The van der Waals surface area contributed by atoms with Gasteiger partial charge in [0.25, 0.3) is 5.91 Å². The maximum absolute atomic E-state index is 12.9. The molecule has 1 saturated heterocycles. The number of nitrogens with one attached hydrogen (secondary N) is 1. The van der Waals surface area contributed by atoms with Crippen LogP contribution < -0.4 is 5.32 Å². The van der Waals surface area contributed by atoms with Crippen LogP contribution in [0.25, 0.3) is 0 Å². The van der Waals surface area contributed by atoms with E-state index in [1.165, 1.54) is 5.56 Å². The summed E-state index contributed by atoms with van der Waals surface area (Å²) in [4.78, 5) is 18.8. The van der Waals surface area contributed by atoms with Gasteiger partial charge in [-0.05, 0) is 41.5 Å². The summed E-state index contributed by atoms with van der Waals surface area (Å²) >= 11 is 0. The molecule has 0 spiro atoms. The normalized spacial score (nSPS) is 20.3. The van der Waals surface area contributed by atoms with Crippen LogP contribution in [0.5, 0.6) is 0 Å². The van der Waals surface area contributed by atoms with Crippen LogP contribution in [0.3, 0.4) is 0 Å². The van der Waals surface area contributed by atoms with E-state index in [2.05, 4.69) is 48.4 Å². The summed E-state index contributed by atoms with van der Waals surface area (Å²) in [6.07, 6.45) is 4.82. The molecule has 0 bridgehead atoms. The second kappa shape index (κ2) is 8.63. The minimum absolute atomic E-state index is 0.180. The van der Waals surface area contributed by atoms with Crippen LogP contribution in [0, 0.1) is 0 Å². The van der Waals surface area contributed by atoms with Crippen LogP contribution in [0.4, 0.5) is 0 Å². The van der Waals surface area contributed by atoms with Crippen molar-refractivity contribution in [3.8, 4) is 0 Å². The zero-order chi connectivity index (χ0) is 19.3. The van der Waals surface area contributed by atoms with E-state index in [0.717, 1.165) is 17.5 Å². The zero-order valence-corrected chi connectivity index (χ0v) is 16.2. The van der Waals surface area contributed by atoms with Crippen molar-refractivity contribution in [3.05, 3.63) is 65.5 Å². The first-order valence-corrected chi connectivity index (χ1v) is 9.68. The standard InChI is InChI=1S/C22H29N3O2/c1-17(2)20-8-6-18(7-9-20)15-25-12-4-10-22(27,21(25)26)16-24-14-19-5-3-11-23-13-19/h3,5-9,11,13,17,24,27H,4,10,12,14-16H2,1-2H3. The summed E-state index contributed by atoms with van der Waals surface area (Å²) in [5, 5.41) is 14.1. The molecule has 2 N–H and O–H groups in total. The Bertz CT molecular complexity index is 746. The maximum atomic E-state index is 12.9. The molecule has 0 radical (unpaired) electrons. The number of aliphatic hydroxyl groups is 1. The van der Waals surface area contributed by atoms with E-state index in [1.807, 2.05) is 12.1 Å². The number of amides is 1. The highest BCUT2D eigenvalue weighted by Crippen LogP contribution is 2.24. The number of carbonyl (C=O) groups is 1. The van der Waals surface area contributed by atoms with Crippen molar-refractivity contribution in [2.24, 2.45) is 0 Å². The lowest BCUT2D eigenvalue weighted by atomic mass is 9.91. The van der Waals surface area contributed by atoms with Crippen LogP contribution in [0.15, 0.2) is 48.8 Å². The van der Waals surface area contributed by atoms with Gasteiger partial charge in [0.05, 0.1) is 0 Å². The van der Waals surface area contributed by atoms with Crippen LogP contribution in [-0.2, 0) is 17.9 Å². The van der Waals surface area contributed by atoms with Gasteiger partial charge in [-0.2, -0.15) is 0 Å². The Morgan fingerprint density at radius 3 is 2.67 bits per heavy atom. The Labute approximate surface area is 161 Å². The fraction of sp³-hybridized carbons (Fsp3) is 0.455. The van der Waals surface area contributed by atoms with Gasteiger partial charge >= 0.3 is 0 Å². The third kappa shape index (κ3) is 4.93. The molecule has 27 heavy (non-hydrogen) atoms. The van der Waals surface area contributed by atoms with E-state index in [4.69, 9.17) is 0 Å². The first-order chi connectivity index (χ1) is 13.0. The molecule has 5 nitrogen and oxygen atoms in total. The van der Waals surface area contributed by atoms with Crippen LogP contribution in [0.1, 0.15) is 49.3 Å². The van der Waals surface area contributed by atoms with Gasteiger partial charge in [0.15, 0.2) is 5.60 Å². The molecule has 2 heterocycles. The molecule has 0 aliphatic carbocycles. The number of hydrogen-bond donors (Lipinski definition) is 2. The Morgan fingerprint density at radius 1 is 1.22 bits per heavy atom. The van der Waals surface area contributed by atoms with Gasteiger partial charge in [0, 0.05) is 38.6 Å². The molecule has 1 fully saturated rings. The third-order valence-electron chi connectivity index (χ3n) is 5.19. The van der Waals surface area contributed by atoms with Crippen molar-refractivity contribution < 1.29 is 9.90 Å². The molecule has 1 unspecified atom stereocenters. The monoisotopic (exact) mass is 367 g/mol. The smallest absolute Gasteiger partial charge is 0.256 e. The Hall–Kier alpha value is -2.24. The zero-order valence-electron chi connectivity index (χ0n) is 16.2. The van der Waals surface area contributed by atoms with Gasteiger partial charge < -0.3 is 15.3 Å². The predicted octanol–water partition coefficient (Wildman–Crippen LogP) is 2.85. The third-order valence-corrected chi connectivity index (χ3v) is 5.19. The molecule has 3 rings (SSSR count). The summed E-state index contributed by atoms with van der Waals surface area (Å²) in [6, 6.07) is 12.3. The quantitative estimate of drug-likeness (QED) is 0.790. The highest BCUT2D eigenvalue weighted by Gasteiger charge is 2.41. The molecule has 144 valence electrons. The topological polar surface area (TPSA) is 65.5 Å². The van der Waals surface area contributed by atoms with E-state index in [0.29, 0.717) is 32.0 Å². The minimum atomic E-state index is -1.33. The number of likely N-dealkylation sites (tertiary alicyclic amines) is 1. The Kier molecular flexibility index (Phi) is 6.24. The highest BCUT2D eigenvalue weighted by molar-refractivity contribution is 5.86. The van der Waals surface area contributed by atoms with Crippen molar-refractivity contribution in [2.45, 2.75) is 51.3 Å². The van der Waals surface area contributed by atoms with E-state index in [1.54, 1.807) is 17.3 Å². The minimum Gasteiger partial charge on any atom is -0.379 e. The number of aromatic nitrogens is 1. The van der Waals surface area contributed by atoms with Gasteiger partial charge in [0.2, 0.25) is 0 Å². The van der Waals surface area contributed by atoms with E-state index >= 15 is 0 Å². The van der Waals surface area contributed by atoms with E-state index in [-0.39, 0.29) is 12.5 Å². The largest absolute Gasteiger partial charge is 0.379 e. The number of benzene rings is 1. The summed E-state index contributed by atoms with van der Waals surface area (Å²) in [7, 11) is 0. The molecular formula is C22H29N3O2. The molecular weight excluding hydrogens is 338 g/mol. The van der Waals surface area contributed by atoms with Crippen molar-refractivity contribution in [1.82, 2.24) is 15.2 Å². The fourth-order valence-electron chi connectivity index (χ4n) is 3.52. The average molecular weight is 367 g/mol. The highest BCUT2D eigenvalue weighted by atomic mass is 16.3. The van der Waals surface area contributed by atoms with Gasteiger partial charge in [-0.3, -0.25) is 9.78 Å². The second-order valence-corrected chi connectivity index (χ2v) is 7.72. The number of piperidine rings is 1. The van der Waals surface area contributed by atoms with Crippen LogP contribution in [-0.4, -0.2) is 39.6 Å². The van der Waals surface area contributed by atoms with Gasteiger partial charge in [-0.25, -0.2) is 0 Å². The number of pyridine rings is 1. The van der Waals surface area contributed by atoms with E-state index in [9.17, 15) is 9.90 Å². The molecule has 1 atom stereocenters. The lowest BCUT2D eigenvalue weighted by Gasteiger charge is -2.38. The molecule has 1 aromatic heterocycles. The Balaban J connectivity index is 1.58. The second-order valence-electron chi connectivity index (χ2n) is 7.72. The van der Waals surface area contributed by atoms with E-state index < -0.39 is 5.60 Å². The number of rotatable bonds is 7. The molecule has 1 amide bonds. The summed E-state index contributed by atoms with van der Waals surface area (Å²) in [5.74, 6) is 0.312. The SMILES string of the molecule is CC(C)c1ccc(CN2CCCC(O)(CNCc3cccnc3)C2=O)cc1. The molecule has 5 heteroatoms. The van der Waals surface area contributed by atoms with Crippen LogP contribution >= 0.6 is 0 Å². The molecule has 1 aliphatic heterocycles. The maximum Gasteiger partial charge on any atom is 0.256 e. The van der Waals surface area contributed by atoms with Gasteiger partial charge in [-0.15, -0.1) is 0 Å². The predicted molar refractivity (Wildman–Crippen MR) is 106 cm³/mol. The van der Waals surface area contributed by atoms with Crippen molar-refractivity contribution in [1.29, 1.82) is 0 Å². The first kappa shape index (κ1) is 19.5. The molecule has 1 aromatic carbocycles. The lowest BCUT2D eigenvalue weighted by Crippen LogP contribution is -2.57. The number of nitrogens with zero attached hydrogens (tertiary/aromatic N) is 2. The van der Waals surface area contributed by atoms with Crippen molar-refractivity contribution in [3.63, 3.8) is 0 Å². The molecule has 2 aromatic rings. The lowest BCUT2D eigenvalue weighted by molar-refractivity contribution is -0.157. The first-order valence-electron chi connectivity index (χ1n) is 9.68. The van der Waals surface area contributed by atoms with Crippen molar-refractivity contribution >= 4 is 5.91 Å². The molecule has 0 saturated carbocycles. The summed E-state index contributed by atoms with van der Waals surface area (Å²) in [5.41, 5.74) is 2.09. The van der Waals surface area contributed by atoms with Crippen LogP contribution in [0.2, 0.25) is 0 Å². The van der Waals surface area contributed by atoms with Gasteiger partial charge in [-0.1, -0.05) is 44.2 Å². The number of carbonyl (C=O) groups excluding carboxylic acids is 1. The summed E-state index contributed by atoms with van der Waals surface area (Å²) < 4.78 is 0. The number of hydrogen-bond acceptors (Lipinski definition) is 4. The fourth-order valence-corrected chi connectivity index (χ4v) is 3.52. The summed E-state index contributed by atoms with van der Waals surface area (Å²) in [6.45, 7) is 6.41. The van der Waals surface area contributed by atoms with Gasteiger partial charge in [0.1, 0.15) is 0 Å². The molecule has 1 aliphatic rings. The van der Waals surface area contributed by atoms with Crippen molar-refractivity contribution in [2.75, 3.05) is 13.1 Å².